The van der Waals surface area contributed by atoms with Gasteiger partial charge < -0.3 is 5.32 Å². The standard InChI is InChI=1S/C22H18N4O2/c1-14-3-5-17(6-4-14)20-11-12-23-21-19(13-24-26(20)21)22(28)25-18-9-7-16(8-10-18)15(2)27/h3-13H,1-2H3,(H,25,28). The molecule has 2 heterocycles. The molecule has 0 saturated carbocycles. The van der Waals surface area contributed by atoms with Crippen molar-refractivity contribution in [1.29, 1.82) is 0 Å². The quantitative estimate of drug-likeness (QED) is 0.547. The van der Waals surface area contributed by atoms with E-state index < -0.39 is 0 Å². The maximum Gasteiger partial charge on any atom is 0.261 e. The second-order valence-electron chi connectivity index (χ2n) is 6.58. The summed E-state index contributed by atoms with van der Waals surface area (Å²) < 4.78 is 1.67. The van der Waals surface area contributed by atoms with Gasteiger partial charge in [0.25, 0.3) is 5.91 Å². The maximum atomic E-state index is 12.7. The number of amides is 1. The van der Waals surface area contributed by atoms with Crippen molar-refractivity contribution in [1.82, 2.24) is 14.6 Å². The van der Waals surface area contributed by atoms with Crippen molar-refractivity contribution in [3.63, 3.8) is 0 Å². The van der Waals surface area contributed by atoms with Gasteiger partial charge in [0.2, 0.25) is 0 Å². The van der Waals surface area contributed by atoms with Gasteiger partial charge in [-0.1, -0.05) is 29.8 Å². The molecule has 0 spiro atoms. The van der Waals surface area contributed by atoms with Crippen LogP contribution in [0, 0.1) is 6.92 Å². The van der Waals surface area contributed by atoms with Gasteiger partial charge in [0.05, 0.1) is 11.9 Å². The van der Waals surface area contributed by atoms with Crippen LogP contribution in [0.1, 0.15) is 33.2 Å². The molecule has 4 aromatic rings. The number of nitrogens with one attached hydrogen (secondary N) is 1. The minimum absolute atomic E-state index is 0.0201. The summed E-state index contributed by atoms with van der Waals surface area (Å²) in [7, 11) is 0. The number of Topliss-reactive ketones (excluding diaryl/α,β-unsaturated/α-hetero) is 1. The molecule has 0 fully saturated rings. The van der Waals surface area contributed by atoms with Crippen molar-refractivity contribution in [3.05, 3.63) is 83.7 Å². The molecule has 4 rings (SSSR count). The molecule has 6 heteroatoms. The number of hydrogen-bond donors (Lipinski definition) is 1. The zero-order chi connectivity index (χ0) is 19.7. The average Bonchev–Trinajstić information content (AvgIpc) is 3.13. The Labute approximate surface area is 161 Å². The number of rotatable bonds is 4. The Bertz CT molecular complexity index is 1180. The Balaban J connectivity index is 1.66. The van der Waals surface area contributed by atoms with E-state index in [2.05, 4.69) is 15.4 Å². The van der Waals surface area contributed by atoms with Crippen molar-refractivity contribution in [2.75, 3.05) is 5.32 Å². The number of ketones is 1. The number of aryl methyl sites for hydroxylation is 1. The van der Waals surface area contributed by atoms with Crippen molar-refractivity contribution >= 4 is 23.0 Å². The molecule has 6 nitrogen and oxygen atoms in total. The Morgan fingerprint density at radius 3 is 2.36 bits per heavy atom. The highest BCUT2D eigenvalue weighted by Gasteiger charge is 2.16. The van der Waals surface area contributed by atoms with E-state index in [0.717, 1.165) is 11.3 Å². The molecule has 0 aliphatic rings. The summed E-state index contributed by atoms with van der Waals surface area (Å²) in [6.45, 7) is 3.54. The van der Waals surface area contributed by atoms with Gasteiger partial charge >= 0.3 is 0 Å². The van der Waals surface area contributed by atoms with Crippen molar-refractivity contribution in [2.24, 2.45) is 0 Å². The first kappa shape index (κ1) is 17.6. The summed E-state index contributed by atoms with van der Waals surface area (Å²) in [5.74, 6) is -0.326. The Hall–Kier alpha value is -3.80. The molecular weight excluding hydrogens is 352 g/mol. The third-order valence-electron chi connectivity index (χ3n) is 4.54. The molecule has 0 unspecified atom stereocenters. The topological polar surface area (TPSA) is 76.4 Å². The second-order valence-corrected chi connectivity index (χ2v) is 6.58. The number of carbonyl (C=O) groups excluding carboxylic acids is 2. The highest BCUT2D eigenvalue weighted by molar-refractivity contribution is 6.08. The van der Waals surface area contributed by atoms with Crippen LogP contribution in [0.15, 0.2) is 67.0 Å². The lowest BCUT2D eigenvalue weighted by molar-refractivity contribution is 0.101. The number of aromatic nitrogens is 3. The fourth-order valence-electron chi connectivity index (χ4n) is 2.98. The first-order valence-electron chi connectivity index (χ1n) is 8.85. The summed E-state index contributed by atoms with van der Waals surface area (Å²) in [4.78, 5) is 28.4. The van der Waals surface area contributed by atoms with Crippen molar-refractivity contribution < 1.29 is 9.59 Å². The SMILES string of the molecule is CC(=O)c1ccc(NC(=O)c2cnn3c(-c4ccc(C)cc4)ccnc23)cc1. The van der Waals surface area contributed by atoms with E-state index in [1.54, 1.807) is 35.0 Å². The Morgan fingerprint density at radius 1 is 0.964 bits per heavy atom. The van der Waals surface area contributed by atoms with Crippen LogP contribution in [0.3, 0.4) is 0 Å². The van der Waals surface area contributed by atoms with Crippen LogP contribution in [0.5, 0.6) is 0 Å². The van der Waals surface area contributed by atoms with Crippen molar-refractivity contribution in [3.8, 4) is 11.3 Å². The third-order valence-corrected chi connectivity index (χ3v) is 4.54. The molecule has 138 valence electrons. The van der Waals surface area contributed by atoms with Gasteiger partial charge in [0.15, 0.2) is 11.4 Å². The third kappa shape index (κ3) is 3.27. The van der Waals surface area contributed by atoms with Crippen LogP contribution in [0.2, 0.25) is 0 Å². The number of hydrogen-bond acceptors (Lipinski definition) is 4. The lowest BCUT2D eigenvalue weighted by Gasteiger charge is -2.06. The molecule has 0 bridgehead atoms. The molecule has 0 aliphatic heterocycles. The van der Waals surface area contributed by atoms with Gasteiger partial charge in [0, 0.05) is 23.0 Å². The molecule has 0 atom stereocenters. The summed E-state index contributed by atoms with van der Waals surface area (Å²) in [5, 5.41) is 7.19. The van der Waals surface area contributed by atoms with Gasteiger partial charge in [-0.15, -0.1) is 0 Å². The summed E-state index contributed by atoms with van der Waals surface area (Å²) in [6.07, 6.45) is 3.18. The van der Waals surface area contributed by atoms with E-state index in [0.29, 0.717) is 22.5 Å². The number of benzene rings is 2. The highest BCUT2D eigenvalue weighted by atomic mass is 16.1. The second kappa shape index (κ2) is 7.08. The smallest absolute Gasteiger partial charge is 0.261 e. The fraction of sp³-hybridized carbons (Fsp3) is 0.0909. The predicted molar refractivity (Wildman–Crippen MR) is 108 cm³/mol. The monoisotopic (exact) mass is 370 g/mol. The largest absolute Gasteiger partial charge is 0.322 e. The van der Waals surface area contributed by atoms with E-state index in [9.17, 15) is 9.59 Å². The number of nitrogens with zero attached hydrogens (tertiary/aromatic N) is 3. The van der Waals surface area contributed by atoms with E-state index in [4.69, 9.17) is 0 Å². The Kier molecular flexibility index (Phi) is 4.45. The molecule has 0 saturated heterocycles. The zero-order valence-corrected chi connectivity index (χ0v) is 15.5. The lowest BCUT2D eigenvalue weighted by atomic mass is 10.1. The molecule has 2 aromatic heterocycles. The molecule has 0 radical (unpaired) electrons. The molecular formula is C22H18N4O2. The Morgan fingerprint density at radius 2 is 1.68 bits per heavy atom. The van der Waals surface area contributed by atoms with E-state index in [1.807, 2.05) is 37.3 Å². The minimum atomic E-state index is -0.306. The lowest BCUT2D eigenvalue weighted by Crippen LogP contribution is -2.12. The summed E-state index contributed by atoms with van der Waals surface area (Å²) >= 11 is 0. The van der Waals surface area contributed by atoms with Crippen LogP contribution < -0.4 is 5.32 Å². The summed E-state index contributed by atoms with van der Waals surface area (Å²) in [5.41, 5.74) is 5.08. The van der Waals surface area contributed by atoms with Crippen LogP contribution in [0.25, 0.3) is 16.9 Å². The number of anilines is 1. The zero-order valence-electron chi connectivity index (χ0n) is 15.5. The first-order chi connectivity index (χ1) is 13.5. The first-order valence-corrected chi connectivity index (χ1v) is 8.85. The van der Waals surface area contributed by atoms with Crippen molar-refractivity contribution in [2.45, 2.75) is 13.8 Å². The van der Waals surface area contributed by atoms with Crippen LogP contribution in [-0.2, 0) is 0 Å². The van der Waals surface area contributed by atoms with Gasteiger partial charge in [-0.2, -0.15) is 5.10 Å². The van der Waals surface area contributed by atoms with Crippen LogP contribution >= 0.6 is 0 Å². The molecule has 1 amide bonds. The van der Waals surface area contributed by atoms with Gasteiger partial charge in [0.1, 0.15) is 5.56 Å². The van der Waals surface area contributed by atoms with E-state index >= 15 is 0 Å². The van der Waals surface area contributed by atoms with Crippen LogP contribution in [-0.4, -0.2) is 26.3 Å². The molecule has 0 aliphatic carbocycles. The number of carbonyl (C=O) groups is 2. The fourth-order valence-corrected chi connectivity index (χ4v) is 2.98. The molecule has 2 aromatic carbocycles. The molecule has 1 N–H and O–H groups in total. The van der Waals surface area contributed by atoms with E-state index in [1.165, 1.54) is 18.7 Å². The normalized spacial score (nSPS) is 10.8. The number of fused-ring (bicyclic) bond motifs is 1. The van der Waals surface area contributed by atoms with Crippen LogP contribution in [0.4, 0.5) is 5.69 Å². The average molecular weight is 370 g/mol. The predicted octanol–water partition coefficient (Wildman–Crippen LogP) is 4.16. The van der Waals surface area contributed by atoms with Gasteiger partial charge in [-0.25, -0.2) is 9.50 Å². The summed E-state index contributed by atoms with van der Waals surface area (Å²) in [6, 6.07) is 16.7. The van der Waals surface area contributed by atoms with Gasteiger partial charge in [-0.05, 0) is 44.2 Å². The molecule has 28 heavy (non-hydrogen) atoms. The highest BCUT2D eigenvalue weighted by Crippen LogP contribution is 2.22. The maximum absolute atomic E-state index is 12.7. The van der Waals surface area contributed by atoms with Gasteiger partial charge in [-0.3, -0.25) is 9.59 Å². The van der Waals surface area contributed by atoms with E-state index in [-0.39, 0.29) is 11.7 Å². The minimum Gasteiger partial charge on any atom is -0.322 e.